The van der Waals surface area contributed by atoms with Crippen LogP contribution in [-0.4, -0.2) is 39.4 Å². The lowest BCUT2D eigenvalue weighted by atomic mass is 9.88. The van der Waals surface area contributed by atoms with Crippen molar-refractivity contribution < 1.29 is 9.59 Å². The van der Waals surface area contributed by atoms with Crippen LogP contribution in [0.3, 0.4) is 0 Å². The van der Waals surface area contributed by atoms with Gasteiger partial charge in [-0.1, -0.05) is 35.9 Å². The lowest BCUT2D eigenvalue weighted by molar-refractivity contribution is -0.137. The van der Waals surface area contributed by atoms with Gasteiger partial charge in [-0.25, -0.2) is 0 Å². The van der Waals surface area contributed by atoms with Gasteiger partial charge >= 0.3 is 0 Å². The summed E-state index contributed by atoms with van der Waals surface area (Å²) in [7, 11) is 0. The summed E-state index contributed by atoms with van der Waals surface area (Å²) in [5.41, 5.74) is 8.00. The number of nitrogens with one attached hydrogen (secondary N) is 1. The standard InChI is InChI=1S/C21H29N5O2S/c1-15-19(29-25-24-15)20(27)23-18-10-5-7-16(13-18)14-26(12-6-11-22)21(28)17-8-3-2-4-9-17/h5,7,10,13,17H,2-4,6,8-9,11-12,14,22H2,1H3,(H,23,27). The van der Waals surface area contributed by atoms with Crippen molar-refractivity contribution >= 4 is 29.0 Å². The van der Waals surface area contributed by atoms with E-state index < -0.39 is 0 Å². The molecule has 2 amide bonds. The third kappa shape index (κ3) is 5.83. The molecule has 0 aliphatic heterocycles. The lowest BCUT2D eigenvalue weighted by Crippen LogP contribution is -2.37. The molecule has 2 aromatic rings. The first-order valence-electron chi connectivity index (χ1n) is 10.3. The first-order valence-corrected chi connectivity index (χ1v) is 11.0. The van der Waals surface area contributed by atoms with Crippen molar-refractivity contribution in [1.82, 2.24) is 14.5 Å². The number of anilines is 1. The highest BCUT2D eigenvalue weighted by Crippen LogP contribution is 2.26. The van der Waals surface area contributed by atoms with Crippen LogP contribution in [0.25, 0.3) is 0 Å². The zero-order valence-electron chi connectivity index (χ0n) is 16.9. The van der Waals surface area contributed by atoms with Crippen molar-refractivity contribution in [2.24, 2.45) is 11.7 Å². The Labute approximate surface area is 175 Å². The van der Waals surface area contributed by atoms with Gasteiger partial charge in [0, 0.05) is 24.7 Å². The molecular weight excluding hydrogens is 386 g/mol. The molecule has 0 bridgehead atoms. The van der Waals surface area contributed by atoms with Crippen LogP contribution in [0.5, 0.6) is 0 Å². The summed E-state index contributed by atoms with van der Waals surface area (Å²) >= 11 is 1.08. The average molecular weight is 416 g/mol. The molecule has 1 aliphatic rings. The Morgan fingerprint density at radius 3 is 2.76 bits per heavy atom. The summed E-state index contributed by atoms with van der Waals surface area (Å²) in [5, 5.41) is 6.78. The molecule has 1 aliphatic carbocycles. The number of nitrogens with zero attached hydrogens (tertiary/aromatic N) is 3. The Hall–Kier alpha value is -2.32. The van der Waals surface area contributed by atoms with Crippen molar-refractivity contribution in [2.75, 3.05) is 18.4 Å². The molecule has 1 heterocycles. The summed E-state index contributed by atoms with van der Waals surface area (Å²) in [6.07, 6.45) is 6.24. The summed E-state index contributed by atoms with van der Waals surface area (Å²) < 4.78 is 3.81. The fourth-order valence-electron chi connectivity index (χ4n) is 3.75. The van der Waals surface area contributed by atoms with Gasteiger partial charge in [0.05, 0.1) is 5.69 Å². The first-order chi connectivity index (χ1) is 14.1. The van der Waals surface area contributed by atoms with Gasteiger partial charge in [0.15, 0.2) is 0 Å². The number of benzene rings is 1. The minimum atomic E-state index is -0.215. The number of rotatable bonds is 8. The van der Waals surface area contributed by atoms with E-state index in [1.54, 1.807) is 6.92 Å². The van der Waals surface area contributed by atoms with Gasteiger partial charge in [0.1, 0.15) is 4.88 Å². The van der Waals surface area contributed by atoms with Crippen LogP contribution in [-0.2, 0) is 11.3 Å². The van der Waals surface area contributed by atoms with Gasteiger partial charge in [-0.3, -0.25) is 9.59 Å². The number of nitrogens with two attached hydrogens (primary N) is 1. The number of amides is 2. The van der Waals surface area contributed by atoms with Crippen LogP contribution >= 0.6 is 11.5 Å². The molecular formula is C21H29N5O2S. The molecule has 1 saturated carbocycles. The van der Waals surface area contributed by atoms with E-state index in [2.05, 4.69) is 14.9 Å². The third-order valence-electron chi connectivity index (χ3n) is 5.31. The molecule has 0 saturated heterocycles. The highest BCUT2D eigenvalue weighted by atomic mass is 32.1. The Morgan fingerprint density at radius 2 is 2.07 bits per heavy atom. The normalized spacial score (nSPS) is 14.6. The molecule has 7 nitrogen and oxygen atoms in total. The number of carbonyl (C=O) groups is 2. The Morgan fingerprint density at radius 1 is 1.28 bits per heavy atom. The first kappa shape index (κ1) is 21.4. The van der Waals surface area contributed by atoms with E-state index >= 15 is 0 Å². The lowest BCUT2D eigenvalue weighted by Gasteiger charge is -2.29. The minimum Gasteiger partial charge on any atom is -0.338 e. The van der Waals surface area contributed by atoms with Gasteiger partial charge in [-0.2, -0.15) is 0 Å². The number of hydrogen-bond acceptors (Lipinski definition) is 6. The monoisotopic (exact) mass is 415 g/mol. The molecule has 3 rings (SSSR count). The zero-order valence-corrected chi connectivity index (χ0v) is 17.7. The van der Waals surface area contributed by atoms with Crippen molar-refractivity contribution in [1.29, 1.82) is 0 Å². The second-order valence-electron chi connectivity index (χ2n) is 7.58. The summed E-state index contributed by atoms with van der Waals surface area (Å²) in [4.78, 5) is 27.9. The smallest absolute Gasteiger partial charge is 0.269 e. The largest absolute Gasteiger partial charge is 0.338 e. The predicted molar refractivity (Wildman–Crippen MR) is 115 cm³/mol. The van der Waals surface area contributed by atoms with Crippen LogP contribution in [0.4, 0.5) is 5.69 Å². The number of aryl methyl sites for hydroxylation is 1. The van der Waals surface area contributed by atoms with E-state index in [9.17, 15) is 9.59 Å². The Kier molecular flexibility index (Phi) is 7.71. The minimum absolute atomic E-state index is 0.131. The molecule has 0 radical (unpaired) electrons. The SMILES string of the molecule is Cc1nnsc1C(=O)Nc1cccc(CN(CCCN)C(=O)C2CCCCC2)c1. The van der Waals surface area contributed by atoms with Gasteiger partial charge in [0.2, 0.25) is 5.91 Å². The fraction of sp³-hybridized carbons (Fsp3) is 0.524. The van der Waals surface area contributed by atoms with Gasteiger partial charge in [-0.05, 0) is 62.0 Å². The highest BCUT2D eigenvalue weighted by molar-refractivity contribution is 7.08. The van der Waals surface area contributed by atoms with Crippen LogP contribution in [0.2, 0.25) is 0 Å². The molecule has 1 aromatic carbocycles. The second-order valence-corrected chi connectivity index (χ2v) is 8.33. The third-order valence-corrected chi connectivity index (χ3v) is 6.14. The number of carbonyl (C=O) groups excluding carboxylic acids is 2. The number of aromatic nitrogens is 2. The molecule has 156 valence electrons. The van der Waals surface area contributed by atoms with Crippen molar-refractivity contribution in [3.8, 4) is 0 Å². The fourth-order valence-corrected chi connectivity index (χ4v) is 4.30. The van der Waals surface area contributed by atoms with E-state index in [0.717, 1.165) is 49.2 Å². The average Bonchev–Trinajstić information content (AvgIpc) is 3.17. The molecule has 0 spiro atoms. The van der Waals surface area contributed by atoms with Crippen LogP contribution < -0.4 is 11.1 Å². The molecule has 0 unspecified atom stereocenters. The topological polar surface area (TPSA) is 101 Å². The number of hydrogen-bond donors (Lipinski definition) is 2. The maximum atomic E-state index is 13.1. The van der Waals surface area contributed by atoms with Gasteiger partial charge < -0.3 is 16.0 Å². The van der Waals surface area contributed by atoms with E-state index in [1.165, 1.54) is 6.42 Å². The van der Waals surface area contributed by atoms with E-state index in [4.69, 9.17) is 5.73 Å². The quantitative estimate of drug-likeness (QED) is 0.688. The molecule has 3 N–H and O–H groups in total. The Balaban J connectivity index is 1.69. The van der Waals surface area contributed by atoms with Gasteiger partial charge in [-0.15, -0.1) is 5.10 Å². The predicted octanol–water partition coefficient (Wildman–Crippen LogP) is 3.36. The van der Waals surface area contributed by atoms with Crippen LogP contribution in [0, 0.1) is 12.8 Å². The highest BCUT2D eigenvalue weighted by Gasteiger charge is 2.26. The maximum absolute atomic E-state index is 13.1. The molecule has 29 heavy (non-hydrogen) atoms. The molecule has 8 heteroatoms. The van der Waals surface area contributed by atoms with E-state index in [-0.39, 0.29) is 17.7 Å². The molecule has 1 aromatic heterocycles. The Bertz CT molecular complexity index is 832. The molecule has 0 atom stereocenters. The van der Waals surface area contributed by atoms with Crippen molar-refractivity contribution in [3.05, 3.63) is 40.4 Å². The second kappa shape index (κ2) is 10.5. The summed E-state index contributed by atoms with van der Waals surface area (Å²) in [6, 6.07) is 7.65. The zero-order chi connectivity index (χ0) is 20.6. The summed E-state index contributed by atoms with van der Waals surface area (Å²) in [5.74, 6) is 0.151. The maximum Gasteiger partial charge on any atom is 0.269 e. The van der Waals surface area contributed by atoms with Gasteiger partial charge in [0.25, 0.3) is 5.91 Å². The molecule has 1 fully saturated rings. The van der Waals surface area contributed by atoms with Crippen LogP contribution in [0.15, 0.2) is 24.3 Å². The van der Waals surface area contributed by atoms with Crippen LogP contribution in [0.1, 0.15) is 59.5 Å². The van der Waals surface area contributed by atoms with E-state index in [1.807, 2.05) is 29.2 Å². The van der Waals surface area contributed by atoms with Crippen molar-refractivity contribution in [3.63, 3.8) is 0 Å². The van der Waals surface area contributed by atoms with E-state index in [0.29, 0.717) is 35.9 Å². The summed E-state index contributed by atoms with van der Waals surface area (Å²) in [6.45, 7) is 3.52. The van der Waals surface area contributed by atoms with Crippen molar-refractivity contribution in [2.45, 2.75) is 52.0 Å².